The number of hydrogen-bond donors (Lipinski definition) is 3. The van der Waals surface area contributed by atoms with Crippen LogP contribution < -0.4 is 5.73 Å². The number of phenols is 1. The van der Waals surface area contributed by atoms with Crippen LogP contribution in [0.15, 0.2) is 24.3 Å². The molecule has 0 heterocycles. The number of aliphatic hydroxyl groups is 1. The maximum absolute atomic E-state index is 9.69. The number of rotatable bonds is 2. The Labute approximate surface area is 83.2 Å². The van der Waals surface area contributed by atoms with Crippen LogP contribution in [0.1, 0.15) is 18.4 Å². The van der Waals surface area contributed by atoms with E-state index in [4.69, 9.17) is 5.73 Å². The molecule has 1 aromatic rings. The van der Waals surface area contributed by atoms with Gasteiger partial charge in [-0.15, -0.1) is 0 Å². The second-order valence-corrected chi connectivity index (χ2v) is 4.06. The summed E-state index contributed by atoms with van der Waals surface area (Å²) in [5.41, 5.74) is 6.37. The first-order valence-corrected chi connectivity index (χ1v) is 4.84. The van der Waals surface area contributed by atoms with Crippen LogP contribution in [0.3, 0.4) is 0 Å². The Balaban J connectivity index is 2.34. The lowest BCUT2D eigenvalue weighted by atomic mass is 9.62. The number of aliphatic hydroxyl groups excluding tert-OH is 1. The van der Waals surface area contributed by atoms with E-state index < -0.39 is 0 Å². The van der Waals surface area contributed by atoms with Gasteiger partial charge in [0.2, 0.25) is 0 Å². The normalized spacial score (nSPS) is 31.1. The molecule has 0 radical (unpaired) electrons. The third-order valence-electron chi connectivity index (χ3n) is 3.12. The minimum Gasteiger partial charge on any atom is -0.508 e. The first-order chi connectivity index (χ1) is 6.68. The van der Waals surface area contributed by atoms with E-state index >= 15 is 0 Å². The van der Waals surface area contributed by atoms with E-state index in [1.54, 1.807) is 12.1 Å². The van der Waals surface area contributed by atoms with E-state index in [-0.39, 0.29) is 17.3 Å². The van der Waals surface area contributed by atoms with Crippen molar-refractivity contribution in [3.8, 4) is 5.75 Å². The van der Waals surface area contributed by atoms with Gasteiger partial charge in [-0.05, 0) is 18.9 Å². The molecule has 0 amide bonds. The fourth-order valence-electron chi connectivity index (χ4n) is 2.26. The molecule has 1 saturated carbocycles. The van der Waals surface area contributed by atoms with Crippen LogP contribution in [0.2, 0.25) is 0 Å². The molecule has 0 bridgehead atoms. The summed E-state index contributed by atoms with van der Waals surface area (Å²) in [6, 6.07) is 7.22. The summed E-state index contributed by atoms with van der Waals surface area (Å²) in [5, 5.41) is 19.0. The zero-order chi connectivity index (χ0) is 10.2. The van der Waals surface area contributed by atoms with E-state index in [2.05, 4.69) is 0 Å². The number of nitrogens with two attached hydrogens (primary N) is 1. The molecule has 0 aliphatic heterocycles. The molecule has 4 N–H and O–H groups in total. The lowest BCUT2D eigenvalue weighted by Crippen LogP contribution is -2.49. The highest BCUT2D eigenvalue weighted by molar-refractivity contribution is 5.41. The minimum atomic E-state index is -0.266. The molecule has 3 nitrogen and oxygen atoms in total. The van der Waals surface area contributed by atoms with Crippen molar-refractivity contribution in [2.24, 2.45) is 5.73 Å². The summed E-state index contributed by atoms with van der Waals surface area (Å²) >= 11 is 0. The highest BCUT2D eigenvalue weighted by Gasteiger charge is 2.44. The van der Waals surface area contributed by atoms with Gasteiger partial charge in [0.15, 0.2) is 0 Å². The number of phenolic OH excluding ortho intramolecular Hbond substituents is 1. The Bertz CT molecular complexity index is 332. The number of hydrogen-bond acceptors (Lipinski definition) is 3. The first kappa shape index (κ1) is 9.49. The lowest BCUT2D eigenvalue weighted by molar-refractivity contribution is 0.0211. The van der Waals surface area contributed by atoms with Gasteiger partial charge in [0.05, 0.1) is 6.10 Å². The van der Waals surface area contributed by atoms with Crippen LogP contribution in [0.4, 0.5) is 0 Å². The molecule has 0 aromatic heterocycles. The molecule has 14 heavy (non-hydrogen) atoms. The lowest BCUT2D eigenvalue weighted by Gasteiger charge is -2.45. The molecule has 1 aliphatic carbocycles. The number of benzene rings is 1. The van der Waals surface area contributed by atoms with Gasteiger partial charge in [-0.1, -0.05) is 18.2 Å². The largest absolute Gasteiger partial charge is 0.508 e. The molecular formula is C11H15NO2. The molecule has 0 spiro atoms. The highest BCUT2D eigenvalue weighted by atomic mass is 16.3. The van der Waals surface area contributed by atoms with E-state index in [1.165, 1.54) is 0 Å². The Kier molecular flexibility index (Phi) is 2.21. The highest BCUT2D eigenvalue weighted by Crippen LogP contribution is 2.45. The summed E-state index contributed by atoms with van der Waals surface area (Å²) in [6.07, 6.45) is 1.04. The maximum Gasteiger partial charge on any atom is 0.119 e. The molecule has 0 atom stereocenters. The minimum absolute atomic E-state index is 0.204. The predicted octanol–water partition coefficient (Wildman–Crippen LogP) is 0.743. The van der Waals surface area contributed by atoms with Gasteiger partial charge in [0, 0.05) is 17.5 Å². The molecule has 3 heteroatoms. The van der Waals surface area contributed by atoms with E-state index in [0.29, 0.717) is 19.4 Å². The zero-order valence-electron chi connectivity index (χ0n) is 7.98. The van der Waals surface area contributed by atoms with Crippen molar-refractivity contribution in [3.05, 3.63) is 29.8 Å². The van der Waals surface area contributed by atoms with Crippen molar-refractivity contribution in [1.82, 2.24) is 0 Å². The third-order valence-corrected chi connectivity index (χ3v) is 3.12. The summed E-state index contributed by atoms with van der Waals surface area (Å²) in [5.74, 6) is 0.282. The molecule has 0 unspecified atom stereocenters. The average molecular weight is 193 g/mol. The quantitative estimate of drug-likeness (QED) is 0.649. The monoisotopic (exact) mass is 193 g/mol. The van der Waals surface area contributed by atoms with Crippen molar-refractivity contribution in [3.63, 3.8) is 0 Å². The Morgan fingerprint density at radius 2 is 2.00 bits per heavy atom. The Hall–Kier alpha value is -1.06. The number of para-hydroxylation sites is 1. The fourth-order valence-corrected chi connectivity index (χ4v) is 2.26. The molecule has 76 valence electrons. The summed E-state index contributed by atoms with van der Waals surface area (Å²) in [7, 11) is 0. The Morgan fingerprint density at radius 3 is 2.50 bits per heavy atom. The van der Waals surface area contributed by atoms with Gasteiger partial charge in [-0.25, -0.2) is 0 Å². The number of aromatic hydroxyl groups is 1. The second-order valence-electron chi connectivity index (χ2n) is 4.06. The molecule has 1 fully saturated rings. The van der Waals surface area contributed by atoms with Crippen molar-refractivity contribution in [2.45, 2.75) is 24.4 Å². The van der Waals surface area contributed by atoms with Crippen LogP contribution in [0, 0.1) is 0 Å². The topological polar surface area (TPSA) is 66.5 Å². The first-order valence-electron chi connectivity index (χ1n) is 4.84. The molecule has 1 aromatic carbocycles. The van der Waals surface area contributed by atoms with Crippen LogP contribution in [0.25, 0.3) is 0 Å². The zero-order valence-corrected chi connectivity index (χ0v) is 7.98. The molecular weight excluding hydrogens is 178 g/mol. The van der Waals surface area contributed by atoms with Crippen molar-refractivity contribution in [1.29, 1.82) is 0 Å². The van der Waals surface area contributed by atoms with Gasteiger partial charge in [0.25, 0.3) is 0 Å². The van der Waals surface area contributed by atoms with Gasteiger partial charge in [-0.3, -0.25) is 0 Å². The van der Waals surface area contributed by atoms with Crippen molar-refractivity contribution in [2.75, 3.05) is 6.54 Å². The SMILES string of the molecule is NCC1(c2ccccc2O)CC(O)C1. The standard InChI is InChI=1S/C11H15NO2/c12-7-11(5-8(13)6-11)9-3-1-2-4-10(9)14/h1-4,8,13-14H,5-7,12H2. The predicted molar refractivity (Wildman–Crippen MR) is 54.1 cm³/mol. The van der Waals surface area contributed by atoms with E-state index in [1.807, 2.05) is 12.1 Å². The summed E-state index contributed by atoms with van der Waals surface area (Å²) < 4.78 is 0. The van der Waals surface area contributed by atoms with E-state index in [0.717, 1.165) is 5.56 Å². The van der Waals surface area contributed by atoms with Crippen LogP contribution >= 0.6 is 0 Å². The fraction of sp³-hybridized carbons (Fsp3) is 0.455. The molecule has 2 rings (SSSR count). The molecule has 1 aliphatic rings. The van der Waals surface area contributed by atoms with E-state index in [9.17, 15) is 10.2 Å². The van der Waals surface area contributed by atoms with Gasteiger partial charge >= 0.3 is 0 Å². The van der Waals surface area contributed by atoms with Crippen LogP contribution in [0.5, 0.6) is 5.75 Å². The summed E-state index contributed by atoms with van der Waals surface area (Å²) in [6.45, 7) is 0.474. The van der Waals surface area contributed by atoms with Gasteiger partial charge in [0.1, 0.15) is 5.75 Å². The Morgan fingerprint density at radius 1 is 1.36 bits per heavy atom. The smallest absolute Gasteiger partial charge is 0.119 e. The van der Waals surface area contributed by atoms with Gasteiger partial charge in [-0.2, -0.15) is 0 Å². The second kappa shape index (κ2) is 3.26. The van der Waals surface area contributed by atoms with Crippen LogP contribution in [-0.4, -0.2) is 22.9 Å². The molecule has 0 saturated heterocycles. The third kappa shape index (κ3) is 1.29. The van der Waals surface area contributed by atoms with Gasteiger partial charge < -0.3 is 15.9 Å². The maximum atomic E-state index is 9.69. The van der Waals surface area contributed by atoms with Crippen LogP contribution in [-0.2, 0) is 5.41 Å². The summed E-state index contributed by atoms with van der Waals surface area (Å²) in [4.78, 5) is 0. The van der Waals surface area contributed by atoms with Crippen molar-refractivity contribution < 1.29 is 10.2 Å². The van der Waals surface area contributed by atoms with Crippen molar-refractivity contribution >= 4 is 0 Å². The average Bonchev–Trinajstić information content (AvgIpc) is 2.14.